The molecule has 1 heterocycles. The van der Waals surface area contributed by atoms with Gasteiger partial charge < -0.3 is 9.47 Å². The molecule has 4 unspecified atom stereocenters. The van der Waals surface area contributed by atoms with Crippen LogP contribution in [0.15, 0.2) is 23.8 Å². The van der Waals surface area contributed by atoms with Gasteiger partial charge in [-0.3, -0.25) is 0 Å². The van der Waals surface area contributed by atoms with Gasteiger partial charge in [0, 0.05) is 27.7 Å². The van der Waals surface area contributed by atoms with Gasteiger partial charge in [-0.2, -0.15) is 0 Å². The summed E-state index contributed by atoms with van der Waals surface area (Å²) in [7, 11) is 1.44. The highest BCUT2D eigenvalue weighted by Crippen LogP contribution is 2.70. The van der Waals surface area contributed by atoms with Crippen molar-refractivity contribution in [3.05, 3.63) is 23.8 Å². The molecule has 0 saturated carbocycles. The molecule has 0 aromatic heterocycles. The lowest BCUT2D eigenvalue weighted by atomic mass is 9.52. The first-order valence-corrected chi connectivity index (χ1v) is 8.55. The number of carbonyl (C=O) groups is 1. The van der Waals surface area contributed by atoms with Gasteiger partial charge in [-0.05, 0) is 20.3 Å². The van der Waals surface area contributed by atoms with Gasteiger partial charge in [0.15, 0.2) is 0 Å². The van der Waals surface area contributed by atoms with Crippen LogP contribution in [0.5, 0.6) is 0 Å². The zero-order valence-electron chi connectivity index (χ0n) is 13.3. The van der Waals surface area contributed by atoms with Crippen LogP contribution in [-0.2, 0) is 14.3 Å². The predicted octanol–water partition coefficient (Wildman–Crippen LogP) is 3.63. The molecule has 0 aromatic carbocycles. The lowest BCUT2D eigenvalue weighted by Gasteiger charge is -2.51. The molecule has 0 N–H and O–H groups in total. The maximum atomic E-state index is 12.2. The highest BCUT2D eigenvalue weighted by atomic mass is 79.9. The number of hydrogen-bond acceptors (Lipinski definition) is 3. The van der Waals surface area contributed by atoms with Crippen LogP contribution in [-0.4, -0.2) is 29.6 Å². The zero-order chi connectivity index (χ0) is 15.7. The molecule has 3 nitrogen and oxygen atoms in total. The number of alkyl halides is 1. The fourth-order valence-electron chi connectivity index (χ4n) is 5.05. The number of carbonyl (C=O) groups excluding carboxylic acids is 1. The number of ether oxygens (including phenoxy) is 2. The Hall–Kier alpha value is -0.610. The highest BCUT2D eigenvalue weighted by molar-refractivity contribution is 9.09. The molecule has 3 aliphatic rings. The Balaban J connectivity index is 2.17. The van der Waals surface area contributed by atoms with Crippen molar-refractivity contribution in [3.8, 4) is 0 Å². The summed E-state index contributed by atoms with van der Waals surface area (Å²) in [4.78, 5) is 12.2. The van der Waals surface area contributed by atoms with E-state index in [2.05, 4.69) is 55.8 Å². The van der Waals surface area contributed by atoms with Crippen LogP contribution >= 0.6 is 15.9 Å². The topological polar surface area (TPSA) is 35.5 Å². The molecule has 21 heavy (non-hydrogen) atoms. The SMILES string of the molecule is COC(=O)C1=CCC23OC(C)(CBr)C(C=CC12C)C3(C)C. The van der Waals surface area contributed by atoms with Crippen molar-refractivity contribution in [2.75, 3.05) is 12.4 Å². The third kappa shape index (κ3) is 1.51. The van der Waals surface area contributed by atoms with Crippen molar-refractivity contribution in [2.24, 2.45) is 16.7 Å². The number of methoxy groups -OCH3 is 1. The first-order valence-electron chi connectivity index (χ1n) is 7.43. The lowest BCUT2D eigenvalue weighted by molar-refractivity contribution is -0.153. The summed E-state index contributed by atoms with van der Waals surface area (Å²) in [6.45, 7) is 8.80. The average molecular weight is 355 g/mol. The Bertz CT molecular complexity index is 564. The van der Waals surface area contributed by atoms with Crippen LogP contribution in [0.3, 0.4) is 0 Å². The largest absolute Gasteiger partial charge is 0.466 e. The zero-order valence-corrected chi connectivity index (χ0v) is 14.9. The van der Waals surface area contributed by atoms with E-state index < -0.39 is 5.41 Å². The molecule has 4 heteroatoms. The molecule has 0 aromatic rings. The second kappa shape index (κ2) is 4.23. The third-order valence-corrected chi connectivity index (χ3v) is 7.28. The molecule has 1 fully saturated rings. The quantitative estimate of drug-likeness (QED) is 0.431. The fraction of sp³-hybridized carbons (Fsp3) is 0.706. The fourth-order valence-corrected chi connectivity index (χ4v) is 5.51. The van der Waals surface area contributed by atoms with Gasteiger partial charge in [-0.15, -0.1) is 0 Å². The van der Waals surface area contributed by atoms with E-state index in [1.165, 1.54) is 7.11 Å². The van der Waals surface area contributed by atoms with Crippen molar-refractivity contribution in [1.29, 1.82) is 0 Å². The van der Waals surface area contributed by atoms with Gasteiger partial charge in [0.1, 0.15) is 0 Å². The van der Waals surface area contributed by atoms with Crippen molar-refractivity contribution in [3.63, 3.8) is 0 Å². The second-order valence-corrected chi connectivity index (χ2v) is 8.01. The molecule has 3 rings (SSSR count). The minimum absolute atomic E-state index is 0.0503. The van der Waals surface area contributed by atoms with Crippen LogP contribution in [0.25, 0.3) is 0 Å². The van der Waals surface area contributed by atoms with Crippen LogP contribution in [0.1, 0.15) is 34.1 Å². The second-order valence-electron chi connectivity index (χ2n) is 7.45. The Kier molecular flexibility index (Phi) is 3.08. The van der Waals surface area contributed by atoms with Crippen molar-refractivity contribution >= 4 is 21.9 Å². The molecule has 1 aliphatic heterocycles. The standard InChI is InChI=1S/C17H23BrO3/c1-14(2)12-7-8-15(3)11(13(19)20-5)6-9-17(14,15)21-16(12,4)10-18/h6-8,12H,9-10H2,1-5H3. The lowest BCUT2D eigenvalue weighted by Crippen LogP contribution is -2.55. The van der Waals surface area contributed by atoms with E-state index in [9.17, 15) is 4.79 Å². The normalized spacial score (nSPS) is 46.2. The van der Waals surface area contributed by atoms with E-state index in [0.717, 1.165) is 17.3 Å². The summed E-state index contributed by atoms with van der Waals surface area (Å²) in [6, 6.07) is 0. The summed E-state index contributed by atoms with van der Waals surface area (Å²) < 4.78 is 11.7. The van der Waals surface area contributed by atoms with E-state index in [4.69, 9.17) is 9.47 Å². The number of esters is 1. The summed E-state index contributed by atoms with van der Waals surface area (Å²) in [5.74, 6) is 0.0761. The van der Waals surface area contributed by atoms with Crippen LogP contribution < -0.4 is 0 Å². The van der Waals surface area contributed by atoms with Gasteiger partial charge in [-0.1, -0.05) is 48.0 Å². The Morgan fingerprint density at radius 3 is 2.67 bits per heavy atom. The van der Waals surface area contributed by atoms with Gasteiger partial charge in [0.25, 0.3) is 0 Å². The number of rotatable bonds is 2. The Morgan fingerprint density at radius 1 is 1.43 bits per heavy atom. The summed E-state index contributed by atoms with van der Waals surface area (Å²) >= 11 is 3.62. The maximum absolute atomic E-state index is 12.2. The molecule has 4 atom stereocenters. The molecule has 116 valence electrons. The van der Waals surface area contributed by atoms with Crippen LogP contribution in [0.4, 0.5) is 0 Å². The minimum Gasteiger partial charge on any atom is -0.466 e. The number of hydrogen-bond donors (Lipinski definition) is 0. The van der Waals surface area contributed by atoms with Gasteiger partial charge in [-0.25, -0.2) is 4.79 Å². The first-order chi connectivity index (χ1) is 9.68. The summed E-state index contributed by atoms with van der Waals surface area (Å²) in [5.41, 5.74) is -0.389. The van der Waals surface area contributed by atoms with Crippen LogP contribution in [0, 0.1) is 16.7 Å². The molecule has 1 saturated heterocycles. The number of halogens is 1. The van der Waals surface area contributed by atoms with Crippen LogP contribution in [0.2, 0.25) is 0 Å². The van der Waals surface area contributed by atoms with E-state index >= 15 is 0 Å². The average Bonchev–Trinajstić information content (AvgIpc) is 2.77. The van der Waals surface area contributed by atoms with E-state index in [1.807, 2.05) is 6.08 Å². The van der Waals surface area contributed by atoms with Gasteiger partial charge >= 0.3 is 5.97 Å². The van der Waals surface area contributed by atoms with E-state index in [1.54, 1.807) is 0 Å². The summed E-state index contributed by atoms with van der Waals surface area (Å²) in [6.07, 6.45) is 7.19. The Morgan fingerprint density at radius 2 is 2.10 bits per heavy atom. The van der Waals surface area contributed by atoms with Gasteiger partial charge in [0.05, 0.1) is 18.3 Å². The molecule has 0 radical (unpaired) electrons. The molecule has 2 aliphatic carbocycles. The maximum Gasteiger partial charge on any atom is 0.334 e. The van der Waals surface area contributed by atoms with Crippen molar-refractivity contribution in [1.82, 2.24) is 0 Å². The first kappa shape index (κ1) is 15.3. The molecule has 0 amide bonds. The third-order valence-electron chi connectivity index (χ3n) is 6.17. The molecular formula is C17H23BrO3. The molecule has 2 bridgehead atoms. The van der Waals surface area contributed by atoms with E-state index in [-0.39, 0.29) is 22.6 Å². The molecule has 1 spiro atoms. The monoisotopic (exact) mass is 354 g/mol. The van der Waals surface area contributed by atoms with Gasteiger partial charge in [0.2, 0.25) is 0 Å². The smallest absolute Gasteiger partial charge is 0.334 e. The highest BCUT2D eigenvalue weighted by Gasteiger charge is 2.73. The van der Waals surface area contributed by atoms with Crippen molar-refractivity contribution in [2.45, 2.75) is 45.3 Å². The number of fused-ring (bicyclic) bond motifs is 1. The predicted molar refractivity (Wildman–Crippen MR) is 85.2 cm³/mol. The summed E-state index contributed by atoms with van der Waals surface area (Å²) in [5, 5.41) is 0.782. The van der Waals surface area contributed by atoms with E-state index in [0.29, 0.717) is 5.92 Å². The minimum atomic E-state index is -0.431. The van der Waals surface area contributed by atoms with Crippen molar-refractivity contribution < 1.29 is 14.3 Å². The Labute approximate surface area is 134 Å². The molecular weight excluding hydrogens is 332 g/mol.